The summed E-state index contributed by atoms with van der Waals surface area (Å²) in [6.07, 6.45) is 0. The molecule has 20 heavy (non-hydrogen) atoms. The lowest BCUT2D eigenvalue weighted by atomic mass is 10.1. The summed E-state index contributed by atoms with van der Waals surface area (Å²) in [7, 11) is 3.13. The summed E-state index contributed by atoms with van der Waals surface area (Å²) in [6, 6.07) is 6.59. The van der Waals surface area contributed by atoms with E-state index in [4.69, 9.17) is 14.6 Å². The number of likely N-dealkylation sites (N-methyl/N-ethyl adjacent to an activating group) is 1. The van der Waals surface area contributed by atoms with Crippen molar-refractivity contribution in [2.75, 3.05) is 25.7 Å². The van der Waals surface area contributed by atoms with Crippen LogP contribution in [0.4, 0.5) is 5.69 Å². The molecule has 0 radical (unpaired) electrons. The van der Waals surface area contributed by atoms with Crippen LogP contribution in [0.3, 0.4) is 0 Å². The second kappa shape index (κ2) is 6.38. The van der Waals surface area contributed by atoms with E-state index in [1.165, 1.54) is 12.0 Å². The highest BCUT2D eigenvalue weighted by Gasteiger charge is 2.30. The first-order valence-corrected chi connectivity index (χ1v) is 6.06. The molecule has 0 saturated heterocycles. The van der Waals surface area contributed by atoms with Crippen LogP contribution in [-0.4, -0.2) is 43.3 Å². The SMILES string of the molecule is COC(C)(C)C(=O)N(C)c1ccc(OCC(=O)O)cc1. The second-order valence-electron chi connectivity index (χ2n) is 4.75. The Morgan fingerprint density at radius 1 is 1.25 bits per heavy atom. The Kier molecular flexibility index (Phi) is 5.10. The largest absolute Gasteiger partial charge is 0.482 e. The van der Waals surface area contributed by atoms with Crippen molar-refractivity contribution in [3.63, 3.8) is 0 Å². The fraction of sp³-hybridized carbons (Fsp3) is 0.429. The number of ether oxygens (including phenoxy) is 2. The maximum absolute atomic E-state index is 12.2. The summed E-state index contributed by atoms with van der Waals surface area (Å²) in [5.74, 6) is -0.787. The van der Waals surface area contributed by atoms with E-state index in [0.29, 0.717) is 11.4 Å². The fourth-order valence-electron chi connectivity index (χ4n) is 1.52. The van der Waals surface area contributed by atoms with E-state index in [2.05, 4.69) is 0 Å². The zero-order valence-electron chi connectivity index (χ0n) is 12.0. The number of carboxylic acid groups (broad SMARTS) is 1. The van der Waals surface area contributed by atoms with Crippen LogP contribution in [0.1, 0.15) is 13.8 Å². The van der Waals surface area contributed by atoms with Crippen molar-refractivity contribution in [3.8, 4) is 5.75 Å². The molecule has 6 heteroatoms. The number of carboxylic acids is 1. The van der Waals surface area contributed by atoms with E-state index in [9.17, 15) is 9.59 Å². The van der Waals surface area contributed by atoms with E-state index in [1.807, 2.05) is 0 Å². The predicted molar refractivity (Wildman–Crippen MR) is 74.1 cm³/mol. The number of anilines is 1. The van der Waals surface area contributed by atoms with E-state index in [1.54, 1.807) is 45.2 Å². The first-order valence-electron chi connectivity index (χ1n) is 6.06. The van der Waals surface area contributed by atoms with Gasteiger partial charge in [-0.2, -0.15) is 0 Å². The van der Waals surface area contributed by atoms with Gasteiger partial charge in [-0.05, 0) is 38.1 Å². The lowest BCUT2D eigenvalue weighted by Gasteiger charge is -2.28. The zero-order chi connectivity index (χ0) is 15.3. The van der Waals surface area contributed by atoms with Crippen LogP contribution in [0.15, 0.2) is 24.3 Å². The lowest BCUT2D eigenvalue weighted by Crippen LogP contribution is -2.44. The molecular weight excluding hydrogens is 262 g/mol. The number of methoxy groups -OCH3 is 1. The number of amides is 1. The van der Waals surface area contributed by atoms with Crippen LogP contribution in [-0.2, 0) is 14.3 Å². The Morgan fingerprint density at radius 3 is 2.25 bits per heavy atom. The van der Waals surface area contributed by atoms with Crippen molar-refractivity contribution >= 4 is 17.6 Å². The minimum absolute atomic E-state index is 0.181. The molecule has 0 fully saturated rings. The number of rotatable bonds is 6. The highest BCUT2D eigenvalue weighted by Crippen LogP contribution is 2.21. The Balaban J connectivity index is 2.78. The molecule has 1 aromatic carbocycles. The fourth-order valence-corrected chi connectivity index (χ4v) is 1.52. The maximum atomic E-state index is 12.2. The summed E-state index contributed by atoms with van der Waals surface area (Å²) in [5, 5.41) is 8.52. The van der Waals surface area contributed by atoms with Crippen LogP contribution >= 0.6 is 0 Å². The third-order valence-electron chi connectivity index (χ3n) is 2.92. The quantitative estimate of drug-likeness (QED) is 0.856. The van der Waals surface area contributed by atoms with Crippen molar-refractivity contribution < 1.29 is 24.2 Å². The monoisotopic (exact) mass is 281 g/mol. The molecule has 0 heterocycles. The molecule has 1 aromatic rings. The maximum Gasteiger partial charge on any atom is 0.341 e. The van der Waals surface area contributed by atoms with E-state index < -0.39 is 18.2 Å². The Bertz CT molecular complexity index is 481. The van der Waals surface area contributed by atoms with Gasteiger partial charge < -0.3 is 19.5 Å². The molecule has 0 aliphatic heterocycles. The molecule has 0 aromatic heterocycles. The molecule has 0 aliphatic carbocycles. The van der Waals surface area contributed by atoms with Gasteiger partial charge in [0.2, 0.25) is 0 Å². The molecule has 110 valence electrons. The number of aliphatic carboxylic acids is 1. The van der Waals surface area contributed by atoms with E-state index in [-0.39, 0.29) is 5.91 Å². The van der Waals surface area contributed by atoms with Gasteiger partial charge in [0.25, 0.3) is 5.91 Å². The van der Waals surface area contributed by atoms with Gasteiger partial charge in [-0.1, -0.05) is 0 Å². The number of hydrogen-bond donors (Lipinski definition) is 1. The van der Waals surface area contributed by atoms with Gasteiger partial charge in [-0.3, -0.25) is 4.79 Å². The predicted octanol–water partition coefficient (Wildman–Crippen LogP) is 1.54. The molecule has 1 amide bonds. The topological polar surface area (TPSA) is 76.1 Å². The Hall–Kier alpha value is -2.08. The third kappa shape index (κ3) is 3.96. The van der Waals surface area contributed by atoms with Gasteiger partial charge in [0.05, 0.1) is 0 Å². The summed E-state index contributed by atoms with van der Waals surface area (Å²) >= 11 is 0. The normalized spacial score (nSPS) is 11.0. The summed E-state index contributed by atoms with van der Waals surface area (Å²) < 4.78 is 10.2. The van der Waals surface area contributed by atoms with Crippen molar-refractivity contribution in [2.45, 2.75) is 19.4 Å². The van der Waals surface area contributed by atoms with E-state index in [0.717, 1.165) is 0 Å². The molecule has 0 spiro atoms. The van der Waals surface area contributed by atoms with Crippen LogP contribution in [0.25, 0.3) is 0 Å². The number of hydrogen-bond acceptors (Lipinski definition) is 4. The average Bonchev–Trinajstić information content (AvgIpc) is 2.44. The van der Waals surface area contributed by atoms with Gasteiger partial charge in [-0.25, -0.2) is 4.79 Å². The number of nitrogens with zero attached hydrogens (tertiary/aromatic N) is 1. The highest BCUT2D eigenvalue weighted by molar-refractivity contribution is 5.98. The number of carbonyl (C=O) groups excluding carboxylic acids is 1. The van der Waals surface area contributed by atoms with Gasteiger partial charge >= 0.3 is 5.97 Å². The average molecular weight is 281 g/mol. The minimum Gasteiger partial charge on any atom is -0.482 e. The molecule has 0 atom stereocenters. The molecule has 0 unspecified atom stereocenters. The standard InChI is InChI=1S/C14H19NO5/c1-14(2,19-4)13(18)15(3)10-5-7-11(8-6-10)20-9-12(16)17/h5-8H,9H2,1-4H3,(H,16,17). The zero-order valence-corrected chi connectivity index (χ0v) is 12.0. The van der Waals surface area contributed by atoms with Gasteiger partial charge in [0.15, 0.2) is 6.61 Å². The highest BCUT2D eigenvalue weighted by atomic mass is 16.5. The smallest absolute Gasteiger partial charge is 0.341 e. The van der Waals surface area contributed by atoms with Crippen molar-refractivity contribution in [1.82, 2.24) is 0 Å². The summed E-state index contributed by atoms with van der Waals surface area (Å²) in [6.45, 7) is 2.98. The van der Waals surface area contributed by atoms with Crippen LogP contribution in [0.2, 0.25) is 0 Å². The molecular formula is C14H19NO5. The van der Waals surface area contributed by atoms with Gasteiger partial charge in [-0.15, -0.1) is 0 Å². The first kappa shape index (κ1) is 16.0. The van der Waals surface area contributed by atoms with Crippen molar-refractivity contribution in [3.05, 3.63) is 24.3 Å². The third-order valence-corrected chi connectivity index (χ3v) is 2.92. The van der Waals surface area contributed by atoms with Gasteiger partial charge in [0, 0.05) is 19.8 Å². The van der Waals surface area contributed by atoms with Gasteiger partial charge in [0.1, 0.15) is 11.4 Å². The second-order valence-corrected chi connectivity index (χ2v) is 4.75. The van der Waals surface area contributed by atoms with Crippen molar-refractivity contribution in [1.29, 1.82) is 0 Å². The van der Waals surface area contributed by atoms with E-state index >= 15 is 0 Å². The number of carbonyl (C=O) groups is 2. The molecule has 1 N–H and O–H groups in total. The minimum atomic E-state index is -1.04. The first-order chi connectivity index (χ1) is 9.27. The molecule has 0 bridgehead atoms. The van der Waals surface area contributed by atoms with Crippen LogP contribution in [0.5, 0.6) is 5.75 Å². The Labute approximate surface area is 117 Å². The number of benzene rings is 1. The molecule has 1 rings (SSSR count). The summed E-state index contributed by atoms with van der Waals surface area (Å²) in [5.41, 5.74) is -0.240. The van der Waals surface area contributed by atoms with Crippen LogP contribution in [0, 0.1) is 0 Å². The van der Waals surface area contributed by atoms with Crippen molar-refractivity contribution in [2.24, 2.45) is 0 Å². The lowest BCUT2D eigenvalue weighted by molar-refractivity contribution is -0.139. The Morgan fingerprint density at radius 2 is 1.80 bits per heavy atom. The molecule has 6 nitrogen and oxygen atoms in total. The summed E-state index contributed by atoms with van der Waals surface area (Å²) in [4.78, 5) is 24.1. The molecule has 0 aliphatic rings. The molecule has 0 saturated carbocycles. The van der Waals surface area contributed by atoms with Crippen LogP contribution < -0.4 is 9.64 Å².